The zero-order valence-electron chi connectivity index (χ0n) is 10.3. The molecule has 0 atom stereocenters. The van der Waals surface area contributed by atoms with E-state index in [4.69, 9.17) is 11.1 Å². The molecule has 96 valence electrons. The number of amidine groups is 1. The Balaban J connectivity index is 1.95. The molecule has 2 aliphatic rings. The summed E-state index contributed by atoms with van der Waals surface area (Å²) in [6, 6.07) is 6.68. The van der Waals surface area contributed by atoms with Crippen molar-refractivity contribution in [3.63, 3.8) is 0 Å². The van der Waals surface area contributed by atoms with Crippen LogP contribution in [0.1, 0.15) is 31.2 Å². The lowest BCUT2D eigenvalue weighted by molar-refractivity contribution is 0.718. The molecule has 2 fully saturated rings. The summed E-state index contributed by atoms with van der Waals surface area (Å²) < 4.78 is 1.06. The average Bonchev–Trinajstić information content (AvgIpc) is 3.18. The number of hydrogen-bond donors (Lipinski definition) is 2. The van der Waals surface area contributed by atoms with E-state index in [9.17, 15) is 0 Å². The average molecular weight is 308 g/mol. The predicted octanol–water partition coefficient (Wildman–Crippen LogP) is 3.11. The second-order valence-electron chi connectivity index (χ2n) is 5.40. The first-order valence-corrected chi connectivity index (χ1v) is 7.35. The lowest BCUT2D eigenvalue weighted by Gasteiger charge is -2.27. The fourth-order valence-electron chi connectivity index (χ4n) is 2.38. The van der Waals surface area contributed by atoms with Crippen molar-refractivity contribution in [2.75, 3.05) is 11.4 Å². The highest BCUT2D eigenvalue weighted by molar-refractivity contribution is 9.10. The van der Waals surface area contributed by atoms with E-state index in [0.29, 0.717) is 6.04 Å². The van der Waals surface area contributed by atoms with Gasteiger partial charge in [-0.1, -0.05) is 15.9 Å². The van der Waals surface area contributed by atoms with Crippen LogP contribution in [0.25, 0.3) is 0 Å². The summed E-state index contributed by atoms with van der Waals surface area (Å²) >= 11 is 3.53. The Morgan fingerprint density at radius 3 is 2.61 bits per heavy atom. The molecule has 0 bridgehead atoms. The molecule has 1 aromatic carbocycles. The van der Waals surface area contributed by atoms with Gasteiger partial charge in [-0.15, -0.1) is 0 Å². The van der Waals surface area contributed by atoms with Crippen molar-refractivity contribution in [3.05, 3.63) is 28.2 Å². The van der Waals surface area contributed by atoms with Crippen molar-refractivity contribution in [2.45, 2.75) is 31.7 Å². The monoisotopic (exact) mass is 307 g/mol. The summed E-state index contributed by atoms with van der Waals surface area (Å²) in [6.07, 6.45) is 5.26. The molecule has 18 heavy (non-hydrogen) atoms. The van der Waals surface area contributed by atoms with E-state index in [1.165, 1.54) is 25.7 Å². The molecule has 1 aromatic rings. The Labute approximate surface area is 116 Å². The van der Waals surface area contributed by atoms with E-state index >= 15 is 0 Å². The number of nitrogens with one attached hydrogen (secondary N) is 1. The maximum Gasteiger partial charge on any atom is 0.124 e. The lowest BCUT2D eigenvalue weighted by Crippen LogP contribution is -2.30. The molecule has 0 amide bonds. The first-order valence-electron chi connectivity index (χ1n) is 6.55. The number of hydrogen-bond acceptors (Lipinski definition) is 2. The van der Waals surface area contributed by atoms with Gasteiger partial charge in [-0.3, -0.25) is 5.41 Å². The van der Waals surface area contributed by atoms with Gasteiger partial charge in [-0.05, 0) is 49.8 Å². The Morgan fingerprint density at radius 2 is 2.06 bits per heavy atom. The van der Waals surface area contributed by atoms with Crippen LogP contribution in [-0.4, -0.2) is 18.4 Å². The molecule has 2 aliphatic carbocycles. The molecule has 0 aliphatic heterocycles. The van der Waals surface area contributed by atoms with E-state index in [1.807, 2.05) is 12.1 Å². The van der Waals surface area contributed by atoms with Gasteiger partial charge in [0.2, 0.25) is 0 Å². The van der Waals surface area contributed by atoms with Crippen molar-refractivity contribution < 1.29 is 0 Å². The summed E-state index contributed by atoms with van der Waals surface area (Å²) in [5.41, 5.74) is 7.71. The molecule has 3 nitrogen and oxygen atoms in total. The maximum atomic E-state index is 7.74. The van der Waals surface area contributed by atoms with Gasteiger partial charge in [0.25, 0.3) is 0 Å². The van der Waals surface area contributed by atoms with Crippen LogP contribution in [0.4, 0.5) is 5.69 Å². The van der Waals surface area contributed by atoms with Gasteiger partial charge < -0.3 is 10.6 Å². The van der Waals surface area contributed by atoms with Crippen molar-refractivity contribution >= 4 is 27.5 Å². The second-order valence-corrected chi connectivity index (χ2v) is 6.32. The van der Waals surface area contributed by atoms with Crippen LogP contribution in [-0.2, 0) is 0 Å². The van der Waals surface area contributed by atoms with Gasteiger partial charge in [0.05, 0.1) is 0 Å². The highest BCUT2D eigenvalue weighted by atomic mass is 79.9. The SMILES string of the molecule is N=C(N)c1ccc(Br)cc1N(CC1CC1)C1CC1. The number of nitrogens with two attached hydrogens (primary N) is 1. The molecule has 2 saturated carbocycles. The number of rotatable bonds is 5. The fraction of sp³-hybridized carbons (Fsp3) is 0.500. The molecule has 0 unspecified atom stereocenters. The third-order valence-corrected chi connectivity index (χ3v) is 4.19. The molecule has 3 N–H and O–H groups in total. The topological polar surface area (TPSA) is 53.1 Å². The lowest BCUT2D eigenvalue weighted by atomic mass is 10.1. The molecule has 0 radical (unpaired) electrons. The number of nitrogen functional groups attached to an aromatic ring is 1. The summed E-state index contributed by atoms with van der Waals surface area (Å²) in [5.74, 6) is 1.02. The highest BCUT2D eigenvalue weighted by Crippen LogP contribution is 2.39. The van der Waals surface area contributed by atoms with Crippen molar-refractivity contribution in [2.24, 2.45) is 11.7 Å². The fourth-order valence-corrected chi connectivity index (χ4v) is 2.73. The van der Waals surface area contributed by atoms with E-state index < -0.39 is 0 Å². The molecule has 0 spiro atoms. The Bertz CT molecular complexity index is 478. The van der Waals surface area contributed by atoms with Crippen LogP contribution in [0.2, 0.25) is 0 Å². The summed E-state index contributed by atoms with van der Waals surface area (Å²) in [6.45, 7) is 1.13. The van der Waals surface area contributed by atoms with E-state index in [-0.39, 0.29) is 5.84 Å². The quantitative estimate of drug-likeness (QED) is 0.648. The van der Waals surface area contributed by atoms with E-state index in [2.05, 4.69) is 26.9 Å². The van der Waals surface area contributed by atoms with Gasteiger partial charge >= 0.3 is 0 Å². The van der Waals surface area contributed by atoms with Gasteiger partial charge in [0.15, 0.2) is 0 Å². The summed E-state index contributed by atoms with van der Waals surface area (Å²) in [7, 11) is 0. The minimum absolute atomic E-state index is 0.166. The van der Waals surface area contributed by atoms with E-state index in [0.717, 1.165) is 28.2 Å². The smallest absolute Gasteiger partial charge is 0.124 e. The van der Waals surface area contributed by atoms with E-state index in [1.54, 1.807) is 0 Å². The van der Waals surface area contributed by atoms with Crippen LogP contribution >= 0.6 is 15.9 Å². The minimum atomic E-state index is 0.166. The van der Waals surface area contributed by atoms with Gasteiger partial charge in [-0.25, -0.2) is 0 Å². The van der Waals surface area contributed by atoms with Gasteiger partial charge in [-0.2, -0.15) is 0 Å². The predicted molar refractivity (Wildman–Crippen MR) is 78.3 cm³/mol. The zero-order valence-corrected chi connectivity index (χ0v) is 11.9. The van der Waals surface area contributed by atoms with Crippen LogP contribution in [0.3, 0.4) is 0 Å². The molecular weight excluding hydrogens is 290 g/mol. The molecular formula is C14H18BrN3. The Morgan fingerprint density at radius 1 is 1.33 bits per heavy atom. The third-order valence-electron chi connectivity index (χ3n) is 3.70. The normalized spacial score (nSPS) is 18.7. The molecule has 4 heteroatoms. The molecule has 0 heterocycles. The van der Waals surface area contributed by atoms with Crippen molar-refractivity contribution in [1.29, 1.82) is 5.41 Å². The van der Waals surface area contributed by atoms with Crippen LogP contribution in [0, 0.1) is 11.3 Å². The third kappa shape index (κ3) is 2.53. The summed E-state index contributed by atoms with van der Waals surface area (Å²) in [4.78, 5) is 2.47. The standard InChI is InChI=1S/C14H18BrN3/c15-10-3-6-12(14(16)17)13(7-10)18(11-4-5-11)8-9-1-2-9/h3,6-7,9,11H,1-2,4-5,8H2,(H3,16,17). The van der Waals surface area contributed by atoms with Crippen LogP contribution in [0.5, 0.6) is 0 Å². The van der Waals surface area contributed by atoms with Crippen LogP contribution in [0.15, 0.2) is 22.7 Å². The number of halogens is 1. The maximum absolute atomic E-state index is 7.74. The first kappa shape index (κ1) is 12.0. The second kappa shape index (κ2) is 4.57. The first-order chi connectivity index (χ1) is 8.65. The Kier molecular flexibility index (Phi) is 3.06. The van der Waals surface area contributed by atoms with Crippen molar-refractivity contribution in [1.82, 2.24) is 0 Å². The largest absolute Gasteiger partial charge is 0.384 e. The number of benzene rings is 1. The Hall–Kier alpha value is -1.03. The molecule has 0 aromatic heterocycles. The van der Waals surface area contributed by atoms with Crippen LogP contribution < -0.4 is 10.6 Å². The van der Waals surface area contributed by atoms with Gasteiger partial charge in [0, 0.05) is 28.3 Å². The highest BCUT2D eigenvalue weighted by Gasteiger charge is 2.35. The van der Waals surface area contributed by atoms with Crippen molar-refractivity contribution in [3.8, 4) is 0 Å². The van der Waals surface area contributed by atoms with Gasteiger partial charge in [0.1, 0.15) is 5.84 Å². The molecule has 3 rings (SSSR count). The number of anilines is 1. The number of nitrogens with zero attached hydrogens (tertiary/aromatic N) is 1. The zero-order chi connectivity index (χ0) is 12.7. The molecule has 0 saturated heterocycles. The minimum Gasteiger partial charge on any atom is -0.384 e. The summed E-state index contributed by atoms with van der Waals surface area (Å²) in [5, 5.41) is 7.74.